The van der Waals surface area contributed by atoms with Crippen molar-refractivity contribution >= 4 is 22.2 Å². The van der Waals surface area contributed by atoms with Gasteiger partial charge < -0.3 is 4.74 Å². The third-order valence-electron chi connectivity index (χ3n) is 2.23. The smallest absolute Gasteiger partial charge is 0.151 e. The van der Waals surface area contributed by atoms with Gasteiger partial charge in [-0.2, -0.15) is 0 Å². The first-order valence-electron chi connectivity index (χ1n) is 7.00. The molecule has 1 aromatic rings. The van der Waals surface area contributed by atoms with Crippen LogP contribution in [0.1, 0.15) is 38.1 Å². The molecule has 114 valence electrons. The van der Waals surface area contributed by atoms with Gasteiger partial charge in [-0.15, -0.1) is 0 Å². The van der Waals surface area contributed by atoms with E-state index in [1.54, 1.807) is 24.3 Å². The van der Waals surface area contributed by atoms with Crippen molar-refractivity contribution in [2.24, 2.45) is 5.92 Å². The zero-order valence-electron chi connectivity index (χ0n) is 13.1. The monoisotopic (exact) mass is 350 g/mol. The molecule has 0 amide bonds. The maximum absolute atomic E-state index is 10.7. The Morgan fingerprint density at radius 3 is 2.48 bits per heavy atom. The van der Waals surface area contributed by atoms with Crippen LogP contribution < -0.4 is 4.74 Å². The van der Waals surface area contributed by atoms with E-state index in [0.29, 0.717) is 17.2 Å². The third-order valence-corrected chi connectivity index (χ3v) is 2.92. The van der Waals surface area contributed by atoms with Crippen molar-refractivity contribution in [2.75, 3.05) is 0 Å². The van der Waals surface area contributed by atoms with Crippen LogP contribution in [-0.4, -0.2) is 6.29 Å². The lowest BCUT2D eigenvalue weighted by atomic mass is 10.2. The number of aldehydes is 1. The third kappa shape index (κ3) is 7.66. The van der Waals surface area contributed by atoms with Crippen molar-refractivity contribution < 1.29 is 9.53 Å². The molecule has 0 radical (unpaired) electrons. The predicted molar refractivity (Wildman–Crippen MR) is 93.8 cm³/mol. The first-order chi connectivity index (χ1) is 10.1. The van der Waals surface area contributed by atoms with Crippen molar-refractivity contribution in [1.29, 1.82) is 0 Å². The molecule has 0 N–H and O–H groups in total. The van der Waals surface area contributed by atoms with Gasteiger partial charge in [0.2, 0.25) is 0 Å². The number of ether oxygens (including phenoxy) is 1. The van der Waals surface area contributed by atoms with Crippen LogP contribution in [0.15, 0.2) is 59.3 Å². The topological polar surface area (TPSA) is 26.3 Å². The number of hydrogen-bond donors (Lipinski definition) is 0. The van der Waals surface area contributed by atoms with Gasteiger partial charge >= 0.3 is 0 Å². The maximum atomic E-state index is 10.7. The average molecular weight is 351 g/mol. The molecule has 0 aromatic heterocycles. The zero-order valence-corrected chi connectivity index (χ0v) is 14.7. The molecule has 2 nitrogen and oxygen atoms in total. The minimum absolute atomic E-state index is 0.377. The summed E-state index contributed by atoms with van der Waals surface area (Å²) >= 11 is 3.34. The molecule has 0 bridgehead atoms. The first kappa shape index (κ1) is 19.4. The Morgan fingerprint density at radius 2 is 2.00 bits per heavy atom. The highest BCUT2D eigenvalue weighted by Crippen LogP contribution is 2.24. The molecule has 21 heavy (non-hydrogen) atoms. The Hall–Kier alpha value is -1.61. The molecule has 1 rings (SSSR count). The Labute approximate surface area is 136 Å². The van der Waals surface area contributed by atoms with E-state index < -0.39 is 0 Å². The highest BCUT2D eigenvalue weighted by molar-refractivity contribution is 9.10. The van der Waals surface area contributed by atoms with Crippen LogP contribution in [0.4, 0.5) is 0 Å². The SMILES string of the molecule is C=C/C=C\C(=C/C(C)C)Oc1ccc(C=O)c(Br)c1.CC. The molecule has 3 heteroatoms. The van der Waals surface area contributed by atoms with Crippen molar-refractivity contribution in [3.8, 4) is 5.75 Å². The minimum atomic E-state index is 0.377. The van der Waals surface area contributed by atoms with Crippen molar-refractivity contribution in [3.05, 3.63) is 64.9 Å². The number of halogens is 1. The second-order valence-corrected chi connectivity index (χ2v) is 5.17. The van der Waals surface area contributed by atoms with Gasteiger partial charge in [-0.05, 0) is 52.2 Å². The largest absolute Gasteiger partial charge is 0.458 e. The second-order valence-electron chi connectivity index (χ2n) is 4.31. The summed E-state index contributed by atoms with van der Waals surface area (Å²) in [7, 11) is 0. The summed E-state index contributed by atoms with van der Waals surface area (Å²) in [5.41, 5.74) is 0.600. The molecule has 0 heterocycles. The Kier molecular flexibility index (Phi) is 10.2. The minimum Gasteiger partial charge on any atom is -0.458 e. The molecule has 0 saturated heterocycles. The van der Waals surface area contributed by atoms with Gasteiger partial charge in [0.1, 0.15) is 11.5 Å². The Morgan fingerprint density at radius 1 is 1.33 bits per heavy atom. The molecule has 0 unspecified atom stereocenters. The lowest BCUT2D eigenvalue weighted by Crippen LogP contribution is -1.96. The molecule has 0 spiro atoms. The number of benzene rings is 1. The Bertz CT molecular complexity index is 514. The van der Waals surface area contributed by atoms with Crippen LogP contribution in [0.2, 0.25) is 0 Å². The molecule has 0 saturated carbocycles. The number of hydrogen-bond acceptors (Lipinski definition) is 2. The van der Waals surface area contributed by atoms with Gasteiger partial charge in [-0.3, -0.25) is 4.79 Å². The first-order valence-corrected chi connectivity index (χ1v) is 7.79. The van der Waals surface area contributed by atoms with E-state index in [-0.39, 0.29) is 0 Å². The second kappa shape index (κ2) is 11.1. The van der Waals surface area contributed by atoms with Crippen LogP contribution in [0, 0.1) is 5.92 Å². The summed E-state index contributed by atoms with van der Waals surface area (Å²) in [6.45, 7) is 11.8. The highest BCUT2D eigenvalue weighted by atomic mass is 79.9. The van der Waals surface area contributed by atoms with E-state index in [9.17, 15) is 4.79 Å². The van der Waals surface area contributed by atoms with E-state index >= 15 is 0 Å². The fourth-order valence-electron chi connectivity index (χ4n) is 1.42. The molecular weight excluding hydrogens is 328 g/mol. The van der Waals surface area contributed by atoms with Crippen molar-refractivity contribution in [3.63, 3.8) is 0 Å². The fourth-order valence-corrected chi connectivity index (χ4v) is 1.87. The van der Waals surface area contributed by atoms with Gasteiger partial charge in [-0.25, -0.2) is 0 Å². The van der Waals surface area contributed by atoms with Crippen LogP contribution in [0.3, 0.4) is 0 Å². The predicted octanol–water partition coefficient (Wildman–Crippen LogP) is 5.95. The van der Waals surface area contributed by atoms with Gasteiger partial charge in [0, 0.05) is 10.0 Å². The number of carbonyl (C=O) groups is 1. The van der Waals surface area contributed by atoms with E-state index in [4.69, 9.17) is 4.74 Å². The van der Waals surface area contributed by atoms with Gasteiger partial charge in [0.25, 0.3) is 0 Å². The van der Waals surface area contributed by atoms with E-state index in [2.05, 4.69) is 36.4 Å². The van der Waals surface area contributed by atoms with Gasteiger partial charge in [0.15, 0.2) is 6.29 Å². The summed E-state index contributed by atoms with van der Waals surface area (Å²) in [5.74, 6) is 1.81. The molecule has 1 aromatic carbocycles. The molecule has 0 aliphatic carbocycles. The normalized spacial score (nSPS) is 11.0. The summed E-state index contributed by atoms with van der Waals surface area (Å²) < 4.78 is 6.51. The van der Waals surface area contributed by atoms with Gasteiger partial charge in [-0.1, -0.05) is 46.4 Å². The molecule has 0 fully saturated rings. The number of allylic oxidation sites excluding steroid dienone is 4. The lowest BCUT2D eigenvalue weighted by Gasteiger charge is -2.09. The molecule has 0 atom stereocenters. The summed E-state index contributed by atoms with van der Waals surface area (Å²) in [4.78, 5) is 10.7. The van der Waals surface area contributed by atoms with Crippen LogP contribution >= 0.6 is 15.9 Å². The van der Waals surface area contributed by atoms with E-state index in [0.717, 1.165) is 16.5 Å². The number of rotatable bonds is 6. The summed E-state index contributed by atoms with van der Waals surface area (Å²) in [6, 6.07) is 5.26. The maximum Gasteiger partial charge on any atom is 0.151 e. The number of carbonyl (C=O) groups excluding carboxylic acids is 1. The zero-order chi connectivity index (χ0) is 16.3. The van der Waals surface area contributed by atoms with Gasteiger partial charge in [0.05, 0.1) is 0 Å². The Balaban J connectivity index is 0.00000191. The van der Waals surface area contributed by atoms with Crippen molar-refractivity contribution in [2.45, 2.75) is 27.7 Å². The average Bonchev–Trinajstić information content (AvgIpc) is 2.46. The van der Waals surface area contributed by atoms with E-state index in [1.165, 1.54) is 0 Å². The van der Waals surface area contributed by atoms with E-state index in [1.807, 2.05) is 32.1 Å². The van der Waals surface area contributed by atoms with Crippen molar-refractivity contribution in [1.82, 2.24) is 0 Å². The van der Waals surface area contributed by atoms with Crippen LogP contribution in [0.25, 0.3) is 0 Å². The standard InChI is InChI=1S/C16H17BrO2.C2H6/c1-4-5-6-14(9-12(2)3)19-15-8-7-13(11-18)16(17)10-15;1-2/h4-12H,1H2,2-3H3;1-2H3/b6-5-,14-9+;. The quantitative estimate of drug-likeness (QED) is 0.360. The summed E-state index contributed by atoms with van der Waals surface area (Å²) in [6.07, 6.45) is 8.19. The fraction of sp³-hybridized carbons (Fsp3) is 0.278. The summed E-state index contributed by atoms with van der Waals surface area (Å²) in [5, 5.41) is 0. The molecule has 0 aliphatic heterocycles. The van der Waals surface area contributed by atoms with Crippen LogP contribution in [0.5, 0.6) is 5.75 Å². The molecular formula is C18H23BrO2. The van der Waals surface area contributed by atoms with Crippen LogP contribution in [-0.2, 0) is 0 Å². The highest BCUT2D eigenvalue weighted by Gasteiger charge is 2.03. The molecule has 0 aliphatic rings. The lowest BCUT2D eigenvalue weighted by molar-refractivity contribution is 0.112.